The average Bonchev–Trinajstić information content (AvgIpc) is 2.10. The van der Waals surface area contributed by atoms with E-state index in [1.807, 2.05) is 6.92 Å². The van der Waals surface area contributed by atoms with Crippen molar-refractivity contribution in [3.8, 4) is 11.5 Å². The molecule has 0 heterocycles. The quantitative estimate of drug-likeness (QED) is 0.743. The number of hydrogen-bond acceptors (Lipinski definition) is 3. The van der Waals surface area contributed by atoms with E-state index in [0.29, 0.717) is 23.8 Å². The molecule has 0 unspecified atom stereocenters. The average molecular weight is 211 g/mol. The maximum atomic E-state index is 9.41. The first-order valence-electron chi connectivity index (χ1n) is 4.36. The SMILES string of the molecule is CCOc1cc(CC(N)=S)ccc1O. The number of phenols is 1. The molecule has 3 nitrogen and oxygen atoms in total. The molecule has 0 saturated carbocycles. The number of nitrogens with two attached hydrogens (primary N) is 1. The molecule has 0 aromatic heterocycles. The van der Waals surface area contributed by atoms with Crippen LogP contribution in [0.2, 0.25) is 0 Å². The summed E-state index contributed by atoms with van der Waals surface area (Å²) in [6.45, 7) is 2.38. The Morgan fingerprint density at radius 3 is 2.86 bits per heavy atom. The molecule has 0 saturated heterocycles. The van der Waals surface area contributed by atoms with Gasteiger partial charge < -0.3 is 15.6 Å². The highest BCUT2D eigenvalue weighted by Gasteiger charge is 2.03. The molecule has 1 aromatic rings. The maximum Gasteiger partial charge on any atom is 0.161 e. The van der Waals surface area contributed by atoms with E-state index in [2.05, 4.69) is 0 Å². The first kappa shape index (κ1) is 10.8. The lowest BCUT2D eigenvalue weighted by atomic mass is 10.1. The molecule has 14 heavy (non-hydrogen) atoms. The van der Waals surface area contributed by atoms with Crippen LogP contribution in [0.3, 0.4) is 0 Å². The third-order valence-electron chi connectivity index (χ3n) is 1.70. The molecule has 0 fully saturated rings. The van der Waals surface area contributed by atoms with Gasteiger partial charge in [0.1, 0.15) is 0 Å². The van der Waals surface area contributed by atoms with Gasteiger partial charge in [-0.1, -0.05) is 18.3 Å². The van der Waals surface area contributed by atoms with E-state index in [-0.39, 0.29) is 5.75 Å². The van der Waals surface area contributed by atoms with E-state index in [9.17, 15) is 5.11 Å². The van der Waals surface area contributed by atoms with Crippen molar-refractivity contribution in [1.29, 1.82) is 0 Å². The molecule has 0 aliphatic heterocycles. The number of rotatable bonds is 4. The van der Waals surface area contributed by atoms with Crippen LogP contribution in [-0.4, -0.2) is 16.7 Å². The molecule has 0 atom stereocenters. The van der Waals surface area contributed by atoms with Gasteiger partial charge in [-0.05, 0) is 24.6 Å². The predicted octanol–water partition coefficient (Wildman–Crippen LogP) is 1.62. The van der Waals surface area contributed by atoms with Gasteiger partial charge in [-0.25, -0.2) is 0 Å². The van der Waals surface area contributed by atoms with Crippen molar-refractivity contribution in [1.82, 2.24) is 0 Å². The smallest absolute Gasteiger partial charge is 0.161 e. The number of benzene rings is 1. The van der Waals surface area contributed by atoms with Crippen LogP contribution in [0.15, 0.2) is 18.2 Å². The van der Waals surface area contributed by atoms with Crippen LogP contribution in [0.25, 0.3) is 0 Å². The molecular weight excluding hydrogens is 198 g/mol. The van der Waals surface area contributed by atoms with E-state index in [1.165, 1.54) is 0 Å². The van der Waals surface area contributed by atoms with Crippen molar-refractivity contribution >= 4 is 17.2 Å². The second kappa shape index (κ2) is 4.81. The van der Waals surface area contributed by atoms with Gasteiger partial charge in [0, 0.05) is 6.42 Å². The summed E-state index contributed by atoms with van der Waals surface area (Å²) in [6.07, 6.45) is 0.523. The monoisotopic (exact) mass is 211 g/mol. The van der Waals surface area contributed by atoms with Crippen molar-refractivity contribution in [3.05, 3.63) is 23.8 Å². The summed E-state index contributed by atoms with van der Waals surface area (Å²) in [6, 6.07) is 5.10. The topological polar surface area (TPSA) is 55.5 Å². The normalized spacial score (nSPS) is 9.79. The van der Waals surface area contributed by atoms with Gasteiger partial charge >= 0.3 is 0 Å². The molecule has 0 bridgehead atoms. The van der Waals surface area contributed by atoms with E-state index in [0.717, 1.165) is 5.56 Å². The van der Waals surface area contributed by atoms with Crippen molar-refractivity contribution in [3.63, 3.8) is 0 Å². The van der Waals surface area contributed by atoms with Crippen molar-refractivity contribution in [2.75, 3.05) is 6.61 Å². The minimum absolute atomic E-state index is 0.138. The van der Waals surface area contributed by atoms with Crippen LogP contribution in [0.4, 0.5) is 0 Å². The largest absolute Gasteiger partial charge is 0.504 e. The van der Waals surface area contributed by atoms with Gasteiger partial charge in [0.2, 0.25) is 0 Å². The van der Waals surface area contributed by atoms with Crippen LogP contribution in [0.1, 0.15) is 12.5 Å². The third kappa shape index (κ3) is 2.88. The fraction of sp³-hybridized carbons (Fsp3) is 0.300. The number of aromatic hydroxyl groups is 1. The molecule has 0 aliphatic rings. The zero-order valence-electron chi connectivity index (χ0n) is 7.99. The highest BCUT2D eigenvalue weighted by Crippen LogP contribution is 2.26. The summed E-state index contributed by atoms with van der Waals surface area (Å²) in [4.78, 5) is 0.429. The fourth-order valence-corrected chi connectivity index (χ4v) is 1.31. The van der Waals surface area contributed by atoms with Crippen molar-refractivity contribution < 1.29 is 9.84 Å². The Labute approximate surface area is 88.5 Å². The van der Waals surface area contributed by atoms with Crippen LogP contribution in [-0.2, 0) is 6.42 Å². The molecule has 0 spiro atoms. The number of phenolic OH excluding ortho intramolecular Hbond substituents is 1. The number of thiocarbonyl (C=S) groups is 1. The van der Waals surface area contributed by atoms with Gasteiger partial charge in [0.25, 0.3) is 0 Å². The van der Waals surface area contributed by atoms with E-state index >= 15 is 0 Å². The predicted molar refractivity (Wildman–Crippen MR) is 59.8 cm³/mol. The molecule has 0 aliphatic carbocycles. The summed E-state index contributed by atoms with van der Waals surface area (Å²) in [5.74, 6) is 0.611. The summed E-state index contributed by atoms with van der Waals surface area (Å²) < 4.78 is 5.22. The summed E-state index contributed by atoms with van der Waals surface area (Å²) in [5, 5.41) is 9.41. The minimum atomic E-state index is 0.138. The van der Waals surface area contributed by atoms with Crippen LogP contribution >= 0.6 is 12.2 Å². The van der Waals surface area contributed by atoms with Crippen LogP contribution < -0.4 is 10.5 Å². The Bertz CT molecular complexity index is 339. The molecule has 3 N–H and O–H groups in total. The third-order valence-corrected chi connectivity index (χ3v) is 1.85. The summed E-state index contributed by atoms with van der Waals surface area (Å²) in [7, 11) is 0. The first-order valence-corrected chi connectivity index (χ1v) is 4.77. The highest BCUT2D eigenvalue weighted by atomic mass is 32.1. The molecular formula is C10H13NO2S. The van der Waals surface area contributed by atoms with Gasteiger partial charge in [0.15, 0.2) is 11.5 Å². The lowest BCUT2D eigenvalue weighted by Crippen LogP contribution is -2.11. The minimum Gasteiger partial charge on any atom is -0.504 e. The zero-order valence-corrected chi connectivity index (χ0v) is 8.80. The standard InChI is InChI=1S/C10H13NO2S/c1-2-13-9-5-7(6-10(11)14)3-4-8(9)12/h3-5,12H,2,6H2,1H3,(H2,11,14). The summed E-state index contributed by atoms with van der Waals surface area (Å²) >= 11 is 4.79. The molecule has 0 amide bonds. The van der Waals surface area contributed by atoms with Crippen molar-refractivity contribution in [2.45, 2.75) is 13.3 Å². The van der Waals surface area contributed by atoms with Gasteiger partial charge in [-0.3, -0.25) is 0 Å². The molecule has 4 heteroatoms. The van der Waals surface area contributed by atoms with Crippen LogP contribution in [0.5, 0.6) is 11.5 Å². The Kier molecular flexibility index (Phi) is 3.71. The Morgan fingerprint density at radius 1 is 1.57 bits per heavy atom. The second-order valence-corrected chi connectivity index (χ2v) is 3.40. The Hall–Kier alpha value is -1.29. The van der Waals surface area contributed by atoms with E-state index in [1.54, 1.807) is 18.2 Å². The highest BCUT2D eigenvalue weighted by molar-refractivity contribution is 7.80. The zero-order chi connectivity index (χ0) is 10.6. The van der Waals surface area contributed by atoms with Crippen LogP contribution in [0, 0.1) is 0 Å². The molecule has 0 radical (unpaired) electrons. The second-order valence-electron chi connectivity index (χ2n) is 2.88. The lowest BCUT2D eigenvalue weighted by molar-refractivity contribution is 0.318. The lowest BCUT2D eigenvalue weighted by Gasteiger charge is -2.07. The van der Waals surface area contributed by atoms with Crippen molar-refractivity contribution in [2.24, 2.45) is 5.73 Å². The molecule has 76 valence electrons. The number of hydrogen-bond donors (Lipinski definition) is 2. The molecule has 1 aromatic carbocycles. The number of ether oxygens (including phenoxy) is 1. The van der Waals surface area contributed by atoms with Gasteiger partial charge in [-0.2, -0.15) is 0 Å². The summed E-state index contributed by atoms with van der Waals surface area (Å²) in [5.41, 5.74) is 6.36. The molecule has 1 rings (SSSR count). The van der Waals surface area contributed by atoms with Gasteiger partial charge in [-0.15, -0.1) is 0 Å². The van der Waals surface area contributed by atoms with E-state index < -0.39 is 0 Å². The van der Waals surface area contributed by atoms with E-state index in [4.69, 9.17) is 22.7 Å². The Balaban J connectivity index is 2.88. The first-order chi connectivity index (χ1) is 6.63. The maximum absolute atomic E-state index is 9.41. The fourth-order valence-electron chi connectivity index (χ4n) is 1.14. The van der Waals surface area contributed by atoms with Gasteiger partial charge in [0.05, 0.1) is 11.6 Å². The Morgan fingerprint density at radius 2 is 2.29 bits per heavy atom.